The molecule has 1 saturated heterocycles. The molecule has 2 rings (SSSR count). The lowest BCUT2D eigenvalue weighted by atomic mass is 9.92. The van der Waals surface area contributed by atoms with Crippen LogP contribution in [0.2, 0.25) is 0 Å². The van der Waals surface area contributed by atoms with Crippen LogP contribution in [-0.2, 0) is 11.3 Å². The molecule has 144 valence electrons. The maximum Gasteiger partial charge on any atom is 0.329 e. The quantitative estimate of drug-likeness (QED) is 0.700. The average Bonchev–Trinajstić information content (AvgIpc) is 2.77. The first kappa shape index (κ1) is 20.4. The number of carbonyl (C=O) groups is 2. The molecular formula is C21H34N3O2+. The highest BCUT2D eigenvalue weighted by molar-refractivity contribution is 6.06. The van der Waals surface area contributed by atoms with Gasteiger partial charge in [-0.3, -0.25) is 4.79 Å². The van der Waals surface area contributed by atoms with Crippen LogP contribution >= 0.6 is 0 Å². The Morgan fingerprint density at radius 3 is 2.27 bits per heavy atom. The third-order valence-electron chi connectivity index (χ3n) is 5.15. The van der Waals surface area contributed by atoms with E-state index in [4.69, 9.17) is 0 Å². The third-order valence-corrected chi connectivity index (χ3v) is 5.15. The van der Waals surface area contributed by atoms with Gasteiger partial charge in [-0.2, -0.15) is 0 Å². The van der Waals surface area contributed by atoms with E-state index in [1.165, 1.54) is 16.0 Å². The average molecular weight is 361 g/mol. The fourth-order valence-corrected chi connectivity index (χ4v) is 3.33. The van der Waals surface area contributed by atoms with E-state index >= 15 is 0 Å². The van der Waals surface area contributed by atoms with Crippen molar-refractivity contribution in [3.05, 3.63) is 35.4 Å². The number of nitrogens with one attached hydrogen (secondary N) is 2. The molecular weight excluding hydrogens is 326 g/mol. The van der Waals surface area contributed by atoms with Crippen molar-refractivity contribution in [2.24, 2.45) is 5.92 Å². The van der Waals surface area contributed by atoms with Gasteiger partial charge in [-0.05, 0) is 37.2 Å². The zero-order valence-corrected chi connectivity index (χ0v) is 17.1. The summed E-state index contributed by atoms with van der Waals surface area (Å²) in [5, 5.41) is 2.90. The SMILES string of the molecule is CC(C)CC[C@@]1(C)NC(=O)N(C[NH+](C)Cc2ccc(C(C)C)cc2)C1=O. The van der Waals surface area contributed by atoms with Crippen molar-refractivity contribution in [2.45, 2.75) is 65.5 Å². The van der Waals surface area contributed by atoms with Gasteiger partial charge >= 0.3 is 6.03 Å². The molecule has 26 heavy (non-hydrogen) atoms. The van der Waals surface area contributed by atoms with Crippen molar-refractivity contribution in [1.82, 2.24) is 10.2 Å². The Bertz CT molecular complexity index is 639. The summed E-state index contributed by atoms with van der Waals surface area (Å²) in [6, 6.07) is 8.32. The van der Waals surface area contributed by atoms with E-state index in [0.29, 0.717) is 24.9 Å². The smallest absolute Gasteiger partial charge is 0.323 e. The van der Waals surface area contributed by atoms with Crippen molar-refractivity contribution >= 4 is 11.9 Å². The highest BCUT2D eigenvalue weighted by Gasteiger charge is 2.48. The molecule has 0 radical (unpaired) electrons. The Kier molecular flexibility index (Phi) is 6.45. The first-order valence-corrected chi connectivity index (χ1v) is 9.66. The van der Waals surface area contributed by atoms with Crippen molar-refractivity contribution in [3.63, 3.8) is 0 Å². The number of urea groups is 1. The molecule has 0 aromatic heterocycles. The second-order valence-electron chi connectivity index (χ2n) is 8.62. The Labute approximate surface area is 157 Å². The van der Waals surface area contributed by atoms with Crippen LogP contribution in [0.15, 0.2) is 24.3 Å². The Balaban J connectivity index is 1.96. The molecule has 2 atom stereocenters. The van der Waals surface area contributed by atoms with Crippen molar-refractivity contribution in [3.8, 4) is 0 Å². The predicted molar refractivity (Wildman–Crippen MR) is 104 cm³/mol. The summed E-state index contributed by atoms with van der Waals surface area (Å²) in [5.41, 5.74) is 1.77. The van der Waals surface area contributed by atoms with Gasteiger partial charge in [-0.1, -0.05) is 52.0 Å². The van der Waals surface area contributed by atoms with Gasteiger partial charge in [0.2, 0.25) is 0 Å². The summed E-state index contributed by atoms with van der Waals surface area (Å²) < 4.78 is 0. The molecule has 1 heterocycles. The van der Waals surface area contributed by atoms with Crippen molar-refractivity contribution in [2.75, 3.05) is 13.7 Å². The van der Waals surface area contributed by atoms with Gasteiger partial charge in [0.1, 0.15) is 12.1 Å². The fraction of sp³-hybridized carbons (Fsp3) is 0.619. The van der Waals surface area contributed by atoms with Crippen molar-refractivity contribution in [1.29, 1.82) is 0 Å². The van der Waals surface area contributed by atoms with Gasteiger partial charge < -0.3 is 10.2 Å². The van der Waals surface area contributed by atoms with Crippen LogP contribution in [0.25, 0.3) is 0 Å². The van der Waals surface area contributed by atoms with Gasteiger partial charge in [0, 0.05) is 5.56 Å². The van der Waals surface area contributed by atoms with E-state index in [1.807, 2.05) is 14.0 Å². The molecule has 1 fully saturated rings. The van der Waals surface area contributed by atoms with Crippen molar-refractivity contribution < 1.29 is 14.5 Å². The summed E-state index contributed by atoms with van der Waals surface area (Å²) in [6.07, 6.45) is 1.60. The maximum atomic E-state index is 12.8. The number of carbonyl (C=O) groups excluding carboxylic acids is 2. The molecule has 5 nitrogen and oxygen atoms in total. The molecule has 0 aliphatic carbocycles. The summed E-state index contributed by atoms with van der Waals surface area (Å²) >= 11 is 0. The van der Waals surface area contributed by atoms with Gasteiger partial charge in [-0.25, -0.2) is 9.69 Å². The summed E-state index contributed by atoms with van der Waals surface area (Å²) in [4.78, 5) is 27.6. The summed E-state index contributed by atoms with van der Waals surface area (Å²) in [6.45, 7) is 11.6. The maximum absolute atomic E-state index is 12.8. The van der Waals surface area contributed by atoms with Crippen LogP contribution in [-0.4, -0.2) is 36.1 Å². The Hall–Kier alpha value is -1.88. The van der Waals surface area contributed by atoms with Crippen LogP contribution in [0, 0.1) is 5.92 Å². The van der Waals surface area contributed by atoms with E-state index in [-0.39, 0.29) is 11.9 Å². The molecule has 0 spiro atoms. The minimum atomic E-state index is -0.763. The molecule has 1 aliphatic heterocycles. The lowest BCUT2D eigenvalue weighted by Crippen LogP contribution is -3.09. The highest BCUT2D eigenvalue weighted by atomic mass is 16.2. The number of benzene rings is 1. The zero-order chi connectivity index (χ0) is 19.5. The van der Waals surface area contributed by atoms with Crippen LogP contribution in [0.5, 0.6) is 0 Å². The van der Waals surface area contributed by atoms with E-state index < -0.39 is 5.54 Å². The zero-order valence-electron chi connectivity index (χ0n) is 17.1. The summed E-state index contributed by atoms with van der Waals surface area (Å²) in [7, 11) is 2.01. The number of quaternary nitrogens is 1. The number of nitrogens with zero attached hydrogens (tertiary/aromatic N) is 1. The molecule has 2 N–H and O–H groups in total. The lowest BCUT2D eigenvalue weighted by molar-refractivity contribution is -0.901. The lowest BCUT2D eigenvalue weighted by Gasteiger charge is -2.23. The summed E-state index contributed by atoms with van der Waals surface area (Å²) in [5.74, 6) is 0.925. The number of imide groups is 1. The topological polar surface area (TPSA) is 53.9 Å². The number of hydrogen-bond acceptors (Lipinski definition) is 2. The van der Waals surface area contributed by atoms with Gasteiger partial charge in [0.25, 0.3) is 5.91 Å². The predicted octanol–water partition coefficient (Wildman–Crippen LogP) is 2.53. The first-order valence-electron chi connectivity index (χ1n) is 9.66. The van der Waals surface area contributed by atoms with Crippen LogP contribution in [0.3, 0.4) is 0 Å². The molecule has 5 heteroatoms. The fourth-order valence-electron chi connectivity index (χ4n) is 3.33. The molecule has 3 amide bonds. The number of rotatable bonds is 8. The minimum absolute atomic E-state index is 0.0994. The van der Waals surface area contributed by atoms with Crippen LogP contribution in [0.4, 0.5) is 4.79 Å². The second kappa shape index (κ2) is 8.21. The number of amides is 3. The molecule has 0 bridgehead atoms. The van der Waals surface area contributed by atoms with E-state index in [1.54, 1.807) is 0 Å². The molecule has 0 saturated carbocycles. The van der Waals surface area contributed by atoms with Gasteiger partial charge in [0.05, 0.1) is 7.05 Å². The number of hydrogen-bond donors (Lipinski definition) is 2. The first-order chi connectivity index (χ1) is 12.1. The van der Waals surface area contributed by atoms with E-state index in [9.17, 15) is 9.59 Å². The normalized spacial score (nSPS) is 21.6. The van der Waals surface area contributed by atoms with E-state index in [0.717, 1.165) is 17.9 Å². The standard InChI is InChI=1S/C21H33N3O2/c1-15(2)11-12-21(5)19(25)24(20(26)22-21)14-23(6)13-17-7-9-18(10-8-17)16(3)4/h7-10,15-16H,11-14H2,1-6H3,(H,22,26)/p+1/t21-/m1/s1. The molecule has 1 aromatic carbocycles. The van der Waals surface area contributed by atoms with E-state index in [2.05, 4.69) is 57.3 Å². The molecule has 1 aliphatic rings. The monoisotopic (exact) mass is 360 g/mol. The largest absolute Gasteiger partial charge is 0.329 e. The Morgan fingerprint density at radius 2 is 1.73 bits per heavy atom. The Morgan fingerprint density at radius 1 is 1.12 bits per heavy atom. The molecule has 1 aromatic rings. The van der Waals surface area contributed by atoms with Crippen LogP contribution in [0.1, 0.15) is 64.5 Å². The molecule has 1 unspecified atom stereocenters. The van der Waals surface area contributed by atoms with Crippen LogP contribution < -0.4 is 10.2 Å². The third kappa shape index (κ3) is 4.85. The highest BCUT2D eigenvalue weighted by Crippen LogP contribution is 2.24. The van der Waals surface area contributed by atoms with Gasteiger partial charge in [-0.15, -0.1) is 0 Å². The second-order valence-corrected chi connectivity index (χ2v) is 8.62. The van der Waals surface area contributed by atoms with Gasteiger partial charge in [0.15, 0.2) is 6.67 Å². The minimum Gasteiger partial charge on any atom is -0.323 e.